The first-order valence-electron chi connectivity index (χ1n) is 11.2. The molecule has 2 heterocycles. The normalized spacial score (nSPS) is 25.6. The van der Waals surface area contributed by atoms with E-state index in [4.69, 9.17) is 0 Å². The fourth-order valence-corrected chi connectivity index (χ4v) is 5.76. The Balaban J connectivity index is 1.63. The molecule has 178 valence electrons. The fraction of sp³-hybridized carbons (Fsp3) is 0.222. The number of aliphatic carboxylic acids is 1. The number of phenols is 1. The number of imide groups is 1. The lowest BCUT2D eigenvalue weighted by Gasteiger charge is -2.31. The van der Waals surface area contributed by atoms with Crippen LogP contribution < -0.4 is 5.32 Å². The molecular formula is C27H23BrN2O5. The minimum Gasteiger partial charge on any atom is -0.508 e. The third kappa shape index (κ3) is 3.92. The molecule has 4 atom stereocenters. The first-order valence-corrected chi connectivity index (χ1v) is 12.0. The molecule has 0 spiro atoms. The quantitative estimate of drug-likeness (QED) is 0.416. The van der Waals surface area contributed by atoms with Gasteiger partial charge in [0.15, 0.2) is 0 Å². The Bertz CT molecular complexity index is 1300. The highest BCUT2D eigenvalue weighted by molar-refractivity contribution is 9.10. The molecule has 2 aliphatic rings. The summed E-state index contributed by atoms with van der Waals surface area (Å²) in [6.07, 6.45) is 0.00774. The maximum absolute atomic E-state index is 13.8. The first-order chi connectivity index (χ1) is 16.8. The predicted molar refractivity (Wildman–Crippen MR) is 131 cm³/mol. The molecule has 0 aromatic heterocycles. The van der Waals surface area contributed by atoms with Gasteiger partial charge in [-0.3, -0.25) is 24.6 Å². The summed E-state index contributed by atoms with van der Waals surface area (Å²) >= 11 is 3.39. The van der Waals surface area contributed by atoms with E-state index in [-0.39, 0.29) is 18.7 Å². The molecule has 3 N–H and O–H groups in total. The van der Waals surface area contributed by atoms with E-state index in [2.05, 4.69) is 21.2 Å². The van der Waals surface area contributed by atoms with Crippen LogP contribution in [-0.2, 0) is 27.3 Å². The second kappa shape index (κ2) is 8.94. The van der Waals surface area contributed by atoms with Crippen molar-refractivity contribution in [3.8, 4) is 5.75 Å². The van der Waals surface area contributed by atoms with Crippen molar-refractivity contribution in [3.05, 3.63) is 100 Å². The van der Waals surface area contributed by atoms with Gasteiger partial charge in [0.05, 0.1) is 18.4 Å². The molecule has 3 aromatic rings. The summed E-state index contributed by atoms with van der Waals surface area (Å²) < 4.78 is 0.664. The molecule has 7 nitrogen and oxygen atoms in total. The van der Waals surface area contributed by atoms with E-state index >= 15 is 0 Å². The Hall–Kier alpha value is -3.49. The van der Waals surface area contributed by atoms with Gasteiger partial charge in [-0.2, -0.15) is 0 Å². The lowest BCUT2D eigenvalue weighted by atomic mass is 9.76. The van der Waals surface area contributed by atoms with Crippen molar-refractivity contribution in [2.75, 3.05) is 0 Å². The van der Waals surface area contributed by atoms with E-state index < -0.39 is 41.2 Å². The van der Waals surface area contributed by atoms with Gasteiger partial charge in [0, 0.05) is 22.5 Å². The Morgan fingerprint density at radius 3 is 2.20 bits per heavy atom. The summed E-state index contributed by atoms with van der Waals surface area (Å²) in [5, 5.41) is 24.3. The van der Waals surface area contributed by atoms with Crippen molar-refractivity contribution in [2.45, 2.75) is 24.5 Å². The molecule has 8 heteroatoms. The van der Waals surface area contributed by atoms with Gasteiger partial charge in [0.1, 0.15) is 11.3 Å². The summed E-state index contributed by atoms with van der Waals surface area (Å²) in [5.41, 5.74) is 0.132. The van der Waals surface area contributed by atoms with E-state index in [1.165, 1.54) is 6.07 Å². The van der Waals surface area contributed by atoms with Crippen LogP contribution in [0.5, 0.6) is 5.75 Å². The molecule has 5 rings (SSSR count). The van der Waals surface area contributed by atoms with Gasteiger partial charge in [-0.1, -0.05) is 76.6 Å². The van der Waals surface area contributed by atoms with Gasteiger partial charge in [-0.05, 0) is 29.3 Å². The largest absolute Gasteiger partial charge is 0.508 e. The van der Waals surface area contributed by atoms with Crippen LogP contribution in [0.15, 0.2) is 83.3 Å². The zero-order chi connectivity index (χ0) is 24.7. The number of rotatable bonds is 6. The van der Waals surface area contributed by atoms with Crippen LogP contribution in [0.1, 0.15) is 22.7 Å². The minimum absolute atomic E-state index is 0.00774. The molecule has 2 amide bonds. The molecular weight excluding hydrogens is 512 g/mol. The first kappa shape index (κ1) is 23.3. The lowest BCUT2D eigenvalue weighted by Crippen LogP contribution is -2.57. The monoisotopic (exact) mass is 534 g/mol. The third-order valence-corrected chi connectivity index (χ3v) is 7.45. The number of halogens is 1. The van der Waals surface area contributed by atoms with Crippen molar-refractivity contribution in [1.82, 2.24) is 10.2 Å². The molecule has 35 heavy (non-hydrogen) atoms. The summed E-state index contributed by atoms with van der Waals surface area (Å²) in [5.74, 6) is -4.38. The molecule has 2 saturated heterocycles. The van der Waals surface area contributed by atoms with E-state index in [1.54, 1.807) is 36.4 Å². The molecule has 0 radical (unpaired) electrons. The molecule has 0 unspecified atom stereocenters. The number of carboxylic acid groups (broad SMARTS) is 1. The van der Waals surface area contributed by atoms with E-state index in [0.717, 1.165) is 16.0 Å². The SMILES string of the molecule is O=C1[C@H]2[C@@H](C(=O)N1Cc1ccccc1)[C@](Cc1ccccc1)(C(=O)O)N[C@H]2c1cc(Br)ccc1O. The van der Waals surface area contributed by atoms with Gasteiger partial charge in [0.25, 0.3) is 0 Å². The second-order valence-corrected chi connectivity index (χ2v) is 9.93. The van der Waals surface area contributed by atoms with E-state index in [1.807, 2.05) is 36.4 Å². The summed E-state index contributed by atoms with van der Waals surface area (Å²) in [6.45, 7) is 0.0593. The number of likely N-dealkylation sites (tertiary alicyclic amines) is 1. The zero-order valence-corrected chi connectivity index (χ0v) is 20.2. The zero-order valence-electron chi connectivity index (χ0n) is 18.6. The molecule has 0 bridgehead atoms. The van der Waals surface area contributed by atoms with E-state index in [9.17, 15) is 24.6 Å². The van der Waals surface area contributed by atoms with Crippen LogP contribution in [0.25, 0.3) is 0 Å². The number of nitrogens with zero attached hydrogens (tertiary/aromatic N) is 1. The highest BCUT2D eigenvalue weighted by atomic mass is 79.9. The number of hydrogen-bond donors (Lipinski definition) is 3. The Kier molecular flexibility index (Phi) is 5.94. The number of carboxylic acids is 1. The Morgan fingerprint density at radius 1 is 0.943 bits per heavy atom. The number of phenolic OH excluding ortho intramolecular Hbond substituents is 1. The number of fused-ring (bicyclic) bond motifs is 1. The minimum atomic E-state index is -1.73. The second-order valence-electron chi connectivity index (χ2n) is 9.02. The molecule has 2 fully saturated rings. The van der Waals surface area contributed by atoms with Crippen molar-refractivity contribution in [3.63, 3.8) is 0 Å². The van der Waals surface area contributed by atoms with Crippen LogP contribution in [0.2, 0.25) is 0 Å². The Labute approximate surface area is 210 Å². The predicted octanol–water partition coefficient (Wildman–Crippen LogP) is 3.67. The van der Waals surface area contributed by atoms with Crippen LogP contribution in [0.4, 0.5) is 0 Å². The number of aromatic hydroxyl groups is 1. The van der Waals surface area contributed by atoms with Crippen LogP contribution in [0, 0.1) is 11.8 Å². The maximum Gasteiger partial charge on any atom is 0.325 e. The molecule has 0 aliphatic carbocycles. The number of carbonyl (C=O) groups excluding carboxylic acids is 2. The van der Waals surface area contributed by atoms with Gasteiger partial charge in [-0.25, -0.2) is 0 Å². The standard InChI is InChI=1S/C27H23BrN2O5/c28-18-11-12-20(31)19(13-18)23-21-22(25(33)30(24(21)32)15-17-9-5-2-6-10-17)27(29-23,26(34)35)14-16-7-3-1-4-8-16/h1-13,21-23,29,31H,14-15H2,(H,34,35)/t21-,22-,23-,27+/m0/s1. The van der Waals surface area contributed by atoms with Crippen LogP contribution >= 0.6 is 15.9 Å². The van der Waals surface area contributed by atoms with Crippen molar-refractivity contribution in [1.29, 1.82) is 0 Å². The van der Waals surface area contributed by atoms with Crippen molar-refractivity contribution in [2.24, 2.45) is 11.8 Å². The number of benzene rings is 3. The third-order valence-electron chi connectivity index (χ3n) is 6.96. The number of hydrogen-bond acceptors (Lipinski definition) is 5. The van der Waals surface area contributed by atoms with E-state index in [0.29, 0.717) is 10.0 Å². The maximum atomic E-state index is 13.8. The van der Waals surface area contributed by atoms with Gasteiger partial charge >= 0.3 is 5.97 Å². The van der Waals surface area contributed by atoms with Crippen molar-refractivity contribution < 1.29 is 24.6 Å². The molecule has 3 aromatic carbocycles. The summed E-state index contributed by atoms with van der Waals surface area (Å²) in [6, 6.07) is 22.1. The number of carbonyl (C=O) groups is 3. The van der Waals surface area contributed by atoms with Crippen LogP contribution in [-0.4, -0.2) is 38.4 Å². The number of amides is 2. The van der Waals surface area contributed by atoms with Gasteiger partial charge in [-0.15, -0.1) is 0 Å². The Morgan fingerprint density at radius 2 is 1.57 bits per heavy atom. The molecule has 2 aliphatic heterocycles. The summed E-state index contributed by atoms with van der Waals surface area (Å²) in [7, 11) is 0. The fourth-order valence-electron chi connectivity index (χ4n) is 5.38. The highest BCUT2D eigenvalue weighted by Gasteiger charge is 2.68. The topological polar surface area (TPSA) is 107 Å². The van der Waals surface area contributed by atoms with Gasteiger partial charge < -0.3 is 10.2 Å². The van der Waals surface area contributed by atoms with Crippen LogP contribution in [0.3, 0.4) is 0 Å². The van der Waals surface area contributed by atoms with Gasteiger partial charge in [0.2, 0.25) is 11.8 Å². The highest BCUT2D eigenvalue weighted by Crippen LogP contribution is 2.51. The summed E-state index contributed by atoms with van der Waals surface area (Å²) in [4.78, 5) is 41.6. The lowest BCUT2D eigenvalue weighted by molar-refractivity contribution is -0.151. The molecule has 0 saturated carbocycles. The smallest absolute Gasteiger partial charge is 0.325 e. The number of nitrogens with one attached hydrogen (secondary N) is 1. The average Bonchev–Trinajstić information content (AvgIpc) is 3.32. The average molecular weight is 535 g/mol. The van der Waals surface area contributed by atoms with Crippen molar-refractivity contribution >= 4 is 33.7 Å².